The maximum absolute atomic E-state index is 14.2. The zero-order valence-corrected chi connectivity index (χ0v) is 12.5. The van der Waals surface area contributed by atoms with Gasteiger partial charge < -0.3 is 10.1 Å². The van der Waals surface area contributed by atoms with Gasteiger partial charge in [0.2, 0.25) is 0 Å². The largest absolute Gasteiger partial charge is 0.376 e. The van der Waals surface area contributed by atoms with Gasteiger partial charge >= 0.3 is 0 Å². The van der Waals surface area contributed by atoms with Crippen molar-refractivity contribution in [3.05, 3.63) is 35.1 Å². The molecule has 1 fully saturated rings. The van der Waals surface area contributed by atoms with Gasteiger partial charge in [0.1, 0.15) is 0 Å². The molecule has 0 bridgehead atoms. The Morgan fingerprint density at radius 3 is 2.19 bits per heavy atom. The van der Waals surface area contributed by atoms with Crippen LogP contribution < -0.4 is 5.32 Å². The van der Waals surface area contributed by atoms with Crippen LogP contribution in [0.1, 0.15) is 50.1 Å². The number of ether oxygens (including phenoxy) is 1. The number of hydrogen-bond acceptors (Lipinski definition) is 2. The fourth-order valence-corrected chi connectivity index (χ4v) is 3.40. The van der Waals surface area contributed by atoms with E-state index in [-0.39, 0.29) is 5.56 Å². The molecule has 1 saturated carbocycles. The quantitative estimate of drug-likeness (QED) is 0.667. The smallest absolute Gasteiger partial charge is 0.194 e. The minimum atomic E-state index is -1.42. The van der Waals surface area contributed by atoms with Crippen molar-refractivity contribution in [1.82, 2.24) is 5.32 Å². The van der Waals surface area contributed by atoms with Gasteiger partial charge in [-0.3, -0.25) is 0 Å². The van der Waals surface area contributed by atoms with Crippen molar-refractivity contribution in [2.24, 2.45) is 0 Å². The number of benzene rings is 1. The van der Waals surface area contributed by atoms with E-state index in [1.54, 1.807) is 14.2 Å². The van der Waals surface area contributed by atoms with Crippen molar-refractivity contribution in [2.75, 3.05) is 14.2 Å². The van der Waals surface area contributed by atoms with Crippen LogP contribution in [0.15, 0.2) is 12.1 Å². The molecule has 21 heavy (non-hydrogen) atoms. The minimum absolute atomic E-state index is 0.125. The average Bonchev–Trinajstić information content (AvgIpc) is 2.74. The Morgan fingerprint density at radius 2 is 1.67 bits per heavy atom. The van der Waals surface area contributed by atoms with E-state index in [0.29, 0.717) is 0 Å². The summed E-state index contributed by atoms with van der Waals surface area (Å²) in [7, 11) is 3.30. The van der Waals surface area contributed by atoms with E-state index >= 15 is 0 Å². The van der Waals surface area contributed by atoms with Gasteiger partial charge in [-0.25, -0.2) is 13.2 Å². The first-order valence-corrected chi connectivity index (χ1v) is 7.41. The van der Waals surface area contributed by atoms with Crippen molar-refractivity contribution in [1.29, 1.82) is 0 Å². The molecule has 5 heteroatoms. The van der Waals surface area contributed by atoms with Crippen molar-refractivity contribution in [3.63, 3.8) is 0 Å². The molecule has 118 valence electrons. The van der Waals surface area contributed by atoms with Gasteiger partial charge in [0, 0.05) is 12.7 Å². The molecule has 1 unspecified atom stereocenters. The van der Waals surface area contributed by atoms with Crippen molar-refractivity contribution >= 4 is 0 Å². The summed E-state index contributed by atoms with van der Waals surface area (Å²) in [6.45, 7) is 0. The maximum Gasteiger partial charge on any atom is 0.194 e. The molecule has 0 aliphatic heterocycles. The third-order valence-electron chi connectivity index (χ3n) is 4.55. The second kappa shape index (κ2) is 6.79. The summed E-state index contributed by atoms with van der Waals surface area (Å²) in [6.07, 6.45) is 5.74. The third-order valence-corrected chi connectivity index (χ3v) is 4.55. The van der Waals surface area contributed by atoms with Crippen LogP contribution >= 0.6 is 0 Å². The number of likely N-dealkylation sites (N-methyl/N-ethyl adjacent to an activating group) is 1. The molecule has 0 saturated heterocycles. The highest BCUT2D eigenvalue weighted by Crippen LogP contribution is 2.41. The third kappa shape index (κ3) is 3.09. The molecule has 0 aromatic heterocycles. The number of rotatable bonds is 4. The topological polar surface area (TPSA) is 21.3 Å². The molecule has 1 aromatic rings. The van der Waals surface area contributed by atoms with E-state index in [1.165, 1.54) is 6.07 Å². The van der Waals surface area contributed by atoms with E-state index in [9.17, 15) is 13.2 Å². The second-order valence-corrected chi connectivity index (χ2v) is 5.67. The summed E-state index contributed by atoms with van der Waals surface area (Å²) < 4.78 is 46.6. The van der Waals surface area contributed by atoms with E-state index in [4.69, 9.17) is 4.74 Å². The Hall–Kier alpha value is -1.07. The fourth-order valence-electron chi connectivity index (χ4n) is 3.40. The van der Waals surface area contributed by atoms with Crippen molar-refractivity contribution in [2.45, 2.75) is 50.2 Å². The first kappa shape index (κ1) is 16.3. The van der Waals surface area contributed by atoms with Crippen molar-refractivity contribution < 1.29 is 17.9 Å². The highest BCUT2D eigenvalue weighted by molar-refractivity contribution is 5.26. The van der Waals surface area contributed by atoms with Crippen LogP contribution in [-0.2, 0) is 4.74 Å². The van der Waals surface area contributed by atoms with Crippen LogP contribution in [0.25, 0.3) is 0 Å². The average molecular weight is 301 g/mol. The lowest BCUT2D eigenvalue weighted by Gasteiger charge is -2.39. The summed E-state index contributed by atoms with van der Waals surface area (Å²) in [5, 5.41) is 3.04. The fraction of sp³-hybridized carbons (Fsp3) is 0.625. The lowest BCUT2D eigenvalue weighted by Crippen LogP contribution is -2.44. The number of nitrogens with one attached hydrogen (secondary N) is 1. The summed E-state index contributed by atoms with van der Waals surface area (Å²) in [6, 6.07) is 1.77. The first-order valence-electron chi connectivity index (χ1n) is 7.41. The standard InChI is InChI=1S/C16H22F3NO/c1-20-15(11-7-8-12(17)14(19)13(11)18)16(21-2)9-5-3-4-6-10-16/h7-8,15,20H,3-6,9-10H2,1-2H3. The molecular formula is C16H22F3NO. The molecule has 1 N–H and O–H groups in total. The summed E-state index contributed by atoms with van der Waals surface area (Å²) >= 11 is 0. The Kier molecular flexibility index (Phi) is 5.27. The van der Waals surface area contributed by atoms with E-state index in [0.717, 1.165) is 44.6 Å². The molecule has 0 heterocycles. The molecule has 1 aromatic carbocycles. The molecule has 2 rings (SSSR count). The van der Waals surface area contributed by atoms with Crippen LogP contribution in [-0.4, -0.2) is 19.8 Å². The number of methoxy groups -OCH3 is 1. The Labute approximate surface area is 123 Å². The Morgan fingerprint density at radius 1 is 1.05 bits per heavy atom. The molecule has 1 atom stereocenters. The van der Waals surface area contributed by atoms with Crippen molar-refractivity contribution in [3.8, 4) is 0 Å². The van der Waals surface area contributed by atoms with E-state index < -0.39 is 29.1 Å². The van der Waals surface area contributed by atoms with Gasteiger partial charge in [-0.2, -0.15) is 0 Å². The van der Waals surface area contributed by atoms with E-state index in [2.05, 4.69) is 5.32 Å². The maximum atomic E-state index is 14.2. The van der Waals surface area contributed by atoms with Crippen LogP contribution in [0.3, 0.4) is 0 Å². The zero-order chi connectivity index (χ0) is 15.5. The van der Waals surface area contributed by atoms with Gasteiger partial charge in [-0.1, -0.05) is 31.7 Å². The molecular weight excluding hydrogens is 279 g/mol. The minimum Gasteiger partial charge on any atom is -0.376 e. The van der Waals surface area contributed by atoms with Gasteiger partial charge in [-0.05, 0) is 26.0 Å². The van der Waals surface area contributed by atoms with E-state index in [1.807, 2.05) is 0 Å². The van der Waals surface area contributed by atoms with Gasteiger partial charge in [0.05, 0.1) is 11.6 Å². The molecule has 1 aliphatic rings. The van der Waals surface area contributed by atoms with Gasteiger partial charge in [-0.15, -0.1) is 0 Å². The predicted molar refractivity (Wildman–Crippen MR) is 75.6 cm³/mol. The molecule has 2 nitrogen and oxygen atoms in total. The molecule has 1 aliphatic carbocycles. The van der Waals surface area contributed by atoms with Gasteiger partial charge in [0.15, 0.2) is 17.5 Å². The lowest BCUT2D eigenvalue weighted by atomic mass is 9.82. The number of hydrogen-bond donors (Lipinski definition) is 1. The SMILES string of the molecule is CNC(c1ccc(F)c(F)c1F)C1(OC)CCCCCC1. The normalized spacial score (nSPS) is 20.0. The van der Waals surface area contributed by atoms with Crippen LogP contribution in [0, 0.1) is 17.5 Å². The van der Waals surface area contributed by atoms with Crippen LogP contribution in [0.4, 0.5) is 13.2 Å². The van der Waals surface area contributed by atoms with Crippen LogP contribution in [0.2, 0.25) is 0 Å². The zero-order valence-electron chi connectivity index (χ0n) is 12.5. The molecule has 0 amide bonds. The molecule has 0 spiro atoms. The number of halogens is 3. The Bertz CT molecular complexity index is 485. The predicted octanol–water partition coefficient (Wildman–Crippen LogP) is 4.10. The summed E-state index contributed by atoms with van der Waals surface area (Å²) in [5.41, 5.74) is -0.462. The van der Waals surface area contributed by atoms with Crippen LogP contribution in [0.5, 0.6) is 0 Å². The Balaban J connectivity index is 2.44. The molecule has 0 radical (unpaired) electrons. The highest BCUT2D eigenvalue weighted by Gasteiger charge is 2.41. The lowest BCUT2D eigenvalue weighted by molar-refractivity contribution is -0.0532. The highest BCUT2D eigenvalue weighted by atomic mass is 19.2. The van der Waals surface area contributed by atoms with Gasteiger partial charge in [0.25, 0.3) is 0 Å². The monoisotopic (exact) mass is 301 g/mol. The summed E-state index contributed by atoms with van der Waals surface area (Å²) in [4.78, 5) is 0. The summed E-state index contributed by atoms with van der Waals surface area (Å²) in [5.74, 6) is -3.72. The first-order chi connectivity index (χ1) is 10.1. The second-order valence-electron chi connectivity index (χ2n) is 5.67.